The van der Waals surface area contributed by atoms with Crippen LogP contribution in [-0.4, -0.2) is 45.7 Å². The SMILES string of the molecule is CCOc1ccc(-n2c(SCC(=O)N/N=C(\C)c3ccc(O)c(OC)c3)nc3sc4c(c3c2=O)CCC4)cc1. The Bertz CT molecular complexity index is 1630. The fourth-order valence-electron chi connectivity index (χ4n) is 4.48. The monoisotopic (exact) mass is 564 g/mol. The van der Waals surface area contributed by atoms with Gasteiger partial charge in [0.25, 0.3) is 11.5 Å². The van der Waals surface area contributed by atoms with Crippen molar-refractivity contribution in [1.29, 1.82) is 0 Å². The lowest BCUT2D eigenvalue weighted by Crippen LogP contribution is -2.24. The van der Waals surface area contributed by atoms with Crippen LogP contribution >= 0.6 is 23.1 Å². The van der Waals surface area contributed by atoms with E-state index in [4.69, 9.17) is 14.5 Å². The minimum atomic E-state index is -0.341. The lowest BCUT2D eigenvalue weighted by Gasteiger charge is -2.13. The number of thioether (sulfide) groups is 1. The highest BCUT2D eigenvalue weighted by atomic mass is 32.2. The van der Waals surface area contributed by atoms with Crippen LogP contribution in [-0.2, 0) is 17.6 Å². The second kappa shape index (κ2) is 11.5. The predicted molar refractivity (Wildman–Crippen MR) is 154 cm³/mol. The van der Waals surface area contributed by atoms with Crippen molar-refractivity contribution in [3.63, 3.8) is 0 Å². The van der Waals surface area contributed by atoms with Gasteiger partial charge >= 0.3 is 0 Å². The number of rotatable bonds is 9. The zero-order valence-corrected chi connectivity index (χ0v) is 23.4. The number of phenolic OH excluding ortho intramolecular Hbond substituents is 1. The van der Waals surface area contributed by atoms with Gasteiger partial charge in [-0.3, -0.25) is 14.2 Å². The van der Waals surface area contributed by atoms with E-state index < -0.39 is 0 Å². The van der Waals surface area contributed by atoms with Gasteiger partial charge in [0, 0.05) is 10.4 Å². The van der Waals surface area contributed by atoms with Crippen molar-refractivity contribution in [3.05, 3.63) is 68.8 Å². The smallest absolute Gasteiger partial charge is 0.267 e. The van der Waals surface area contributed by atoms with Gasteiger partial charge in [-0.15, -0.1) is 11.3 Å². The predicted octanol–water partition coefficient (Wildman–Crippen LogP) is 4.68. The molecule has 0 saturated carbocycles. The van der Waals surface area contributed by atoms with E-state index >= 15 is 0 Å². The molecule has 4 aromatic rings. The maximum Gasteiger partial charge on any atom is 0.267 e. The van der Waals surface area contributed by atoms with Crippen molar-refractivity contribution in [1.82, 2.24) is 15.0 Å². The number of hydrogen-bond donors (Lipinski definition) is 2. The highest BCUT2D eigenvalue weighted by Crippen LogP contribution is 2.36. The van der Waals surface area contributed by atoms with Gasteiger partial charge in [0.1, 0.15) is 10.6 Å². The van der Waals surface area contributed by atoms with E-state index in [1.54, 1.807) is 35.0 Å². The highest BCUT2D eigenvalue weighted by Gasteiger charge is 2.24. The van der Waals surface area contributed by atoms with Gasteiger partial charge in [-0.1, -0.05) is 11.8 Å². The van der Waals surface area contributed by atoms with E-state index in [2.05, 4.69) is 10.5 Å². The molecule has 0 spiro atoms. The number of amides is 1. The summed E-state index contributed by atoms with van der Waals surface area (Å²) in [5, 5.41) is 15.1. The lowest BCUT2D eigenvalue weighted by molar-refractivity contribution is -0.118. The van der Waals surface area contributed by atoms with E-state index in [1.807, 2.05) is 31.2 Å². The van der Waals surface area contributed by atoms with Crippen LogP contribution in [0.2, 0.25) is 0 Å². The minimum absolute atomic E-state index is 0.00967. The number of thiophene rings is 1. The Morgan fingerprint density at radius 1 is 1.23 bits per heavy atom. The number of ether oxygens (including phenoxy) is 2. The molecule has 0 aliphatic heterocycles. The van der Waals surface area contributed by atoms with Crippen LogP contribution in [0, 0.1) is 0 Å². The number of hydrogen-bond acceptors (Lipinski definition) is 9. The van der Waals surface area contributed by atoms with Crippen molar-refractivity contribution < 1.29 is 19.4 Å². The number of carbonyl (C=O) groups is 1. The third kappa shape index (κ3) is 5.50. The topological polar surface area (TPSA) is 115 Å². The molecule has 0 fully saturated rings. The van der Waals surface area contributed by atoms with Crippen LogP contribution in [0.25, 0.3) is 15.9 Å². The first-order valence-corrected chi connectivity index (χ1v) is 14.3. The lowest BCUT2D eigenvalue weighted by atomic mass is 10.1. The molecule has 9 nitrogen and oxygen atoms in total. The van der Waals surface area contributed by atoms with E-state index in [0.717, 1.165) is 24.8 Å². The Morgan fingerprint density at radius 2 is 2.03 bits per heavy atom. The molecular weight excluding hydrogens is 536 g/mol. The minimum Gasteiger partial charge on any atom is -0.504 e. The number of methoxy groups -OCH3 is 1. The third-order valence-electron chi connectivity index (χ3n) is 6.39. The van der Waals surface area contributed by atoms with Crippen LogP contribution in [0.15, 0.2) is 57.5 Å². The van der Waals surface area contributed by atoms with Crippen molar-refractivity contribution in [2.75, 3.05) is 19.5 Å². The molecule has 0 bridgehead atoms. The fourth-order valence-corrected chi connectivity index (χ4v) is 6.59. The maximum absolute atomic E-state index is 13.8. The van der Waals surface area contributed by atoms with E-state index in [0.29, 0.717) is 50.4 Å². The number of aryl methyl sites for hydroxylation is 2. The second-order valence-electron chi connectivity index (χ2n) is 8.91. The summed E-state index contributed by atoms with van der Waals surface area (Å²) >= 11 is 2.75. The normalized spacial score (nSPS) is 12.9. The number of phenols is 1. The molecular formula is C28H28N4O5S2. The van der Waals surface area contributed by atoms with Crippen LogP contribution in [0.5, 0.6) is 17.2 Å². The number of hydrazone groups is 1. The van der Waals surface area contributed by atoms with E-state index in [9.17, 15) is 14.7 Å². The number of fused-ring (bicyclic) bond motifs is 3. The Kier molecular flexibility index (Phi) is 7.89. The van der Waals surface area contributed by atoms with Gasteiger partial charge in [0.2, 0.25) is 0 Å². The van der Waals surface area contributed by atoms with Gasteiger partial charge in [-0.2, -0.15) is 5.10 Å². The number of aromatic hydroxyl groups is 1. The number of carbonyl (C=O) groups excluding carboxylic acids is 1. The van der Waals surface area contributed by atoms with Crippen molar-refractivity contribution in [2.45, 2.75) is 38.3 Å². The van der Waals surface area contributed by atoms with Crippen LogP contribution < -0.4 is 20.5 Å². The molecule has 1 aliphatic carbocycles. The average Bonchev–Trinajstić information content (AvgIpc) is 3.53. The Hall–Kier alpha value is -3.83. The number of aromatic nitrogens is 2. The molecule has 39 heavy (non-hydrogen) atoms. The molecule has 1 amide bonds. The highest BCUT2D eigenvalue weighted by molar-refractivity contribution is 7.99. The summed E-state index contributed by atoms with van der Waals surface area (Å²) in [7, 11) is 1.46. The van der Waals surface area contributed by atoms with Crippen molar-refractivity contribution >= 4 is 44.9 Å². The number of nitrogens with zero attached hydrogens (tertiary/aromatic N) is 3. The van der Waals surface area contributed by atoms with Gasteiger partial charge in [0.15, 0.2) is 16.7 Å². The van der Waals surface area contributed by atoms with Gasteiger partial charge in [-0.25, -0.2) is 10.4 Å². The largest absolute Gasteiger partial charge is 0.504 e. The summed E-state index contributed by atoms with van der Waals surface area (Å²) < 4.78 is 12.3. The molecule has 0 atom stereocenters. The molecule has 2 aromatic carbocycles. The van der Waals surface area contributed by atoms with E-state index in [1.165, 1.54) is 29.8 Å². The zero-order valence-electron chi connectivity index (χ0n) is 21.8. The number of benzene rings is 2. The van der Waals surface area contributed by atoms with Gasteiger partial charge in [0.05, 0.1) is 36.3 Å². The van der Waals surface area contributed by atoms with Crippen LogP contribution in [0.4, 0.5) is 0 Å². The molecule has 5 rings (SSSR count). The summed E-state index contributed by atoms with van der Waals surface area (Å²) in [6, 6.07) is 12.1. The summed E-state index contributed by atoms with van der Waals surface area (Å²) in [6.07, 6.45) is 2.90. The molecule has 11 heteroatoms. The second-order valence-corrected chi connectivity index (χ2v) is 10.9. The first-order valence-electron chi connectivity index (χ1n) is 12.5. The quantitative estimate of drug-likeness (QED) is 0.131. The molecule has 2 heterocycles. The number of nitrogens with one attached hydrogen (secondary N) is 1. The average molecular weight is 565 g/mol. The Labute approximate surface area is 233 Å². The van der Waals surface area contributed by atoms with Gasteiger partial charge < -0.3 is 14.6 Å². The maximum atomic E-state index is 13.8. The Morgan fingerprint density at radius 3 is 2.77 bits per heavy atom. The molecule has 1 aliphatic rings. The van der Waals surface area contributed by atoms with Gasteiger partial charge in [-0.05, 0) is 81.1 Å². The Balaban J connectivity index is 1.40. The molecule has 0 unspecified atom stereocenters. The van der Waals surface area contributed by atoms with Crippen LogP contribution in [0.1, 0.15) is 36.3 Å². The summed E-state index contributed by atoms with van der Waals surface area (Å²) in [4.78, 5) is 33.3. The molecule has 0 saturated heterocycles. The molecule has 0 radical (unpaired) electrons. The summed E-state index contributed by atoms with van der Waals surface area (Å²) in [5.41, 5.74) is 5.45. The van der Waals surface area contributed by atoms with Crippen molar-refractivity contribution in [3.8, 4) is 22.9 Å². The van der Waals surface area contributed by atoms with Crippen LogP contribution in [0.3, 0.4) is 0 Å². The first kappa shape index (κ1) is 26.8. The molecule has 2 N–H and O–H groups in total. The fraction of sp³-hybridized carbons (Fsp3) is 0.286. The summed E-state index contributed by atoms with van der Waals surface area (Å²) in [6.45, 7) is 4.21. The molecule has 2 aromatic heterocycles. The molecule has 202 valence electrons. The third-order valence-corrected chi connectivity index (χ3v) is 8.52. The first-order chi connectivity index (χ1) is 18.9. The standard InChI is InChI=1S/C28H28N4O5S2/c1-4-37-19-11-9-18(10-12-19)32-27(35)25-20-6-5-7-23(20)39-26(25)29-28(32)38-15-24(34)31-30-16(2)17-8-13-21(33)22(14-17)36-3/h8-14,33H,4-7,15H2,1-3H3,(H,31,34)/b30-16+. The van der Waals surface area contributed by atoms with Crippen molar-refractivity contribution in [2.24, 2.45) is 5.10 Å². The van der Waals surface area contributed by atoms with E-state index in [-0.39, 0.29) is 23.0 Å². The zero-order chi connectivity index (χ0) is 27.5. The summed E-state index contributed by atoms with van der Waals surface area (Å²) in [5.74, 6) is 0.723.